The first-order chi connectivity index (χ1) is 8.24. The Balaban J connectivity index is 0.000000902. The number of fused-ring (bicyclic) bond motifs is 1. The molecule has 0 unspecified atom stereocenters. The van der Waals surface area contributed by atoms with E-state index in [1.54, 1.807) is 0 Å². The van der Waals surface area contributed by atoms with E-state index in [-0.39, 0.29) is 24.8 Å². The molecule has 0 aliphatic carbocycles. The highest BCUT2D eigenvalue weighted by Crippen LogP contribution is 2.25. The highest BCUT2D eigenvalue weighted by molar-refractivity contribution is 5.85. The predicted molar refractivity (Wildman–Crippen MR) is 75.4 cm³/mol. The molecule has 1 aliphatic heterocycles. The number of aromatic amines is 1. The Morgan fingerprint density at radius 1 is 1.05 bits per heavy atom. The molecule has 1 saturated heterocycles. The maximum absolute atomic E-state index is 13.1. The van der Waals surface area contributed by atoms with Crippen molar-refractivity contribution in [3.8, 4) is 0 Å². The molecule has 2 aromatic rings. The molecule has 1 aromatic heterocycles. The fourth-order valence-corrected chi connectivity index (χ4v) is 2.31. The second kappa shape index (κ2) is 6.50. The number of piperidine rings is 1. The first-order valence-electron chi connectivity index (χ1n) is 5.79. The molecule has 1 aromatic carbocycles. The summed E-state index contributed by atoms with van der Waals surface area (Å²) in [5.41, 5.74) is 1.06. The predicted octanol–water partition coefficient (Wildman–Crippen LogP) is 3.15. The lowest BCUT2D eigenvalue weighted by molar-refractivity contribution is 0.448. The fraction of sp³-hybridized carbons (Fsp3) is 0.417. The van der Waals surface area contributed by atoms with E-state index in [0.29, 0.717) is 17.0 Å². The van der Waals surface area contributed by atoms with Crippen molar-refractivity contribution in [3.63, 3.8) is 0 Å². The minimum absolute atomic E-state index is 0. The highest BCUT2D eigenvalue weighted by atomic mass is 35.5. The Hall–Kier alpha value is -0.910. The number of nitrogens with one attached hydrogen (secondary N) is 2. The van der Waals surface area contributed by atoms with Gasteiger partial charge >= 0.3 is 0 Å². The van der Waals surface area contributed by atoms with Gasteiger partial charge in [-0.25, -0.2) is 13.8 Å². The Morgan fingerprint density at radius 3 is 2.37 bits per heavy atom. The van der Waals surface area contributed by atoms with Gasteiger partial charge in [0.15, 0.2) is 11.6 Å². The van der Waals surface area contributed by atoms with Crippen molar-refractivity contribution >= 4 is 35.8 Å². The average molecular weight is 310 g/mol. The molecule has 0 radical (unpaired) electrons. The number of benzene rings is 1. The van der Waals surface area contributed by atoms with Crippen LogP contribution in [0.15, 0.2) is 12.1 Å². The number of halogens is 4. The molecule has 0 bridgehead atoms. The lowest BCUT2D eigenvalue weighted by Gasteiger charge is -2.20. The van der Waals surface area contributed by atoms with Gasteiger partial charge in [-0.3, -0.25) is 0 Å². The molecule has 0 atom stereocenters. The molecule has 106 valence electrons. The Labute approximate surface area is 122 Å². The van der Waals surface area contributed by atoms with Crippen LogP contribution in [-0.4, -0.2) is 23.1 Å². The number of rotatable bonds is 1. The summed E-state index contributed by atoms with van der Waals surface area (Å²) in [6.07, 6.45) is 2.01. The van der Waals surface area contributed by atoms with Crippen LogP contribution in [0.25, 0.3) is 11.0 Å². The number of imidazole rings is 1. The summed E-state index contributed by atoms with van der Waals surface area (Å²) in [4.78, 5) is 7.44. The standard InChI is InChI=1S/C12H13F2N3.2ClH/c13-8-5-10-11(6-9(8)14)17-12(16-10)7-1-3-15-4-2-7;;/h5-7,15H,1-4H2,(H,16,17);2*1H. The van der Waals surface area contributed by atoms with Crippen LogP contribution in [0.3, 0.4) is 0 Å². The summed E-state index contributed by atoms with van der Waals surface area (Å²) in [5.74, 6) is -0.486. The third-order valence-electron chi connectivity index (χ3n) is 3.27. The van der Waals surface area contributed by atoms with Crippen molar-refractivity contribution < 1.29 is 8.78 Å². The van der Waals surface area contributed by atoms with Crippen LogP contribution in [0.1, 0.15) is 24.6 Å². The van der Waals surface area contributed by atoms with Gasteiger partial charge in [-0.2, -0.15) is 0 Å². The van der Waals surface area contributed by atoms with Gasteiger partial charge in [0.05, 0.1) is 11.0 Å². The van der Waals surface area contributed by atoms with Crippen LogP contribution >= 0.6 is 24.8 Å². The fourth-order valence-electron chi connectivity index (χ4n) is 2.31. The third kappa shape index (κ3) is 3.16. The first kappa shape index (κ1) is 16.1. The molecular weight excluding hydrogens is 295 g/mol. The normalized spacial score (nSPS) is 15.9. The maximum atomic E-state index is 13.1. The number of H-pyrrole nitrogens is 1. The van der Waals surface area contributed by atoms with Gasteiger partial charge in [-0.1, -0.05) is 0 Å². The summed E-state index contributed by atoms with van der Waals surface area (Å²) in [6.45, 7) is 1.93. The molecule has 3 nitrogen and oxygen atoms in total. The van der Waals surface area contributed by atoms with Crippen molar-refractivity contribution in [2.24, 2.45) is 0 Å². The van der Waals surface area contributed by atoms with Crippen LogP contribution in [0.5, 0.6) is 0 Å². The zero-order chi connectivity index (χ0) is 11.8. The number of hydrogen-bond acceptors (Lipinski definition) is 2. The minimum Gasteiger partial charge on any atom is -0.342 e. The van der Waals surface area contributed by atoms with E-state index < -0.39 is 11.6 Å². The van der Waals surface area contributed by atoms with E-state index in [1.807, 2.05) is 0 Å². The van der Waals surface area contributed by atoms with E-state index in [2.05, 4.69) is 15.3 Å². The van der Waals surface area contributed by atoms with Crippen molar-refractivity contribution in [1.82, 2.24) is 15.3 Å². The minimum atomic E-state index is -0.846. The van der Waals surface area contributed by atoms with Crippen molar-refractivity contribution in [1.29, 1.82) is 0 Å². The highest BCUT2D eigenvalue weighted by Gasteiger charge is 2.19. The second-order valence-electron chi connectivity index (χ2n) is 4.43. The molecule has 1 aliphatic rings. The smallest absolute Gasteiger partial charge is 0.161 e. The van der Waals surface area contributed by atoms with E-state index in [4.69, 9.17) is 0 Å². The summed E-state index contributed by atoms with van der Waals surface area (Å²) in [7, 11) is 0. The van der Waals surface area contributed by atoms with Gasteiger partial charge in [-0.15, -0.1) is 24.8 Å². The number of hydrogen-bond donors (Lipinski definition) is 2. The molecule has 0 spiro atoms. The molecule has 2 heterocycles. The summed E-state index contributed by atoms with van der Waals surface area (Å²) >= 11 is 0. The van der Waals surface area contributed by atoms with Crippen LogP contribution in [0.4, 0.5) is 8.78 Å². The van der Waals surface area contributed by atoms with Crippen molar-refractivity contribution in [3.05, 3.63) is 29.6 Å². The quantitative estimate of drug-likeness (QED) is 0.849. The summed E-state index contributed by atoms with van der Waals surface area (Å²) in [6, 6.07) is 2.31. The molecule has 0 amide bonds. The molecular formula is C12H15Cl2F2N3. The number of nitrogens with zero attached hydrogens (tertiary/aromatic N) is 1. The molecule has 0 saturated carbocycles. The van der Waals surface area contributed by atoms with Gasteiger partial charge in [0.25, 0.3) is 0 Å². The van der Waals surface area contributed by atoms with Crippen LogP contribution in [-0.2, 0) is 0 Å². The van der Waals surface area contributed by atoms with E-state index in [1.165, 1.54) is 6.07 Å². The van der Waals surface area contributed by atoms with Crippen molar-refractivity contribution in [2.45, 2.75) is 18.8 Å². The average Bonchev–Trinajstić information content (AvgIpc) is 2.74. The van der Waals surface area contributed by atoms with Crippen molar-refractivity contribution in [2.75, 3.05) is 13.1 Å². The Bertz CT molecular complexity index is 514. The van der Waals surface area contributed by atoms with Crippen LogP contribution in [0.2, 0.25) is 0 Å². The zero-order valence-corrected chi connectivity index (χ0v) is 11.7. The first-order valence-corrected chi connectivity index (χ1v) is 5.79. The maximum Gasteiger partial charge on any atom is 0.161 e. The van der Waals surface area contributed by atoms with E-state index >= 15 is 0 Å². The molecule has 7 heteroatoms. The molecule has 2 N–H and O–H groups in total. The molecule has 1 fully saturated rings. The van der Waals surface area contributed by atoms with E-state index in [0.717, 1.165) is 37.8 Å². The Kier molecular flexibility index (Phi) is 5.52. The summed E-state index contributed by atoms with van der Waals surface area (Å²) < 4.78 is 26.1. The topological polar surface area (TPSA) is 40.7 Å². The van der Waals surface area contributed by atoms with E-state index in [9.17, 15) is 8.78 Å². The lowest BCUT2D eigenvalue weighted by atomic mass is 9.98. The second-order valence-corrected chi connectivity index (χ2v) is 4.43. The lowest BCUT2D eigenvalue weighted by Crippen LogP contribution is -2.27. The Morgan fingerprint density at radius 2 is 1.68 bits per heavy atom. The van der Waals surface area contributed by atoms with Gasteiger partial charge in [-0.05, 0) is 25.9 Å². The van der Waals surface area contributed by atoms with Gasteiger partial charge in [0.1, 0.15) is 5.82 Å². The summed E-state index contributed by atoms with van der Waals surface area (Å²) in [5, 5.41) is 3.27. The van der Waals surface area contributed by atoms with Gasteiger partial charge < -0.3 is 10.3 Å². The van der Waals surface area contributed by atoms with Crippen LogP contribution < -0.4 is 5.32 Å². The monoisotopic (exact) mass is 309 g/mol. The van der Waals surface area contributed by atoms with Gasteiger partial charge in [0, 0.05) is 18.1 Å². The largest absolute Gasteiger partial charge is 0.342 e. The zero-order valence-electron chi connectivity index (χ0n) is 10.1. The van der Waals surface area contributed by atoms with Gasteiger partial charge in [0.2, 0.25) is 0 Å². The molecule has 19 heavy (non-hydrogen) atoms. The van der Waals surface area contributed by atoms with Crippen LogP contribution in [0, 0.1) is 11.6 Å². The number of aromatic nitrogens is 2. The third-order valence-corrected chi connectivity index (χ3v) is 3.27. The molecule has 3 rings (SSSR count). The SMILES string of the molecule is Cl.Cl.Fc1cc2nc(C3CCNCC3)[nH]c2cc1F.